The maximum atomic E-state index is 11.8. The lowest BCUT2D eigenvalue weighted by atomic mass is 10.1. The zero-order valence-electron chi connectivity index (χ0n) is 14.0. The second-order valence-electron chi connectivity index (χ2n) is 6.61. The van der Waals surface area contributed by atoms with E-state index in [2.05, 4.69) is 25.2 Å². The minimum absolute atomic E-state index is 0.0426. The average Bonchev–Trinajstić information content (AvgIpc) is 3.16. The highest BCUT2D eigenvalue weighted by Gasteiger charge is 2.48. The summed E-state index contributed by atoms with van der Waals surface area (Å²) in [6, 6.07) is 5.64. The molecule has 1 N–H and O–H groups in total. The molecular formula is C19H22Cl3NO. The Morgan fingerprint density at radius 2 is 2.00 bits per heavy atom. The van der Waals surface area contributed by atoms with Crippen LogP contribution in [0.25, 0.3) is 0 Å². The number of allylic oxidation sites excluding steroid dienone is 3. The Morgan fingerprint density at radius 3 is 2.62 bits per heavy atom. The van der Waals surface area contributed by atoms with Crippen molar-refractivity contribution in [2.24, 2.45) is 11.8 Å². The van der Waals surface area contributed by atoms with Gasteiger partial charge in [-0.3, -0.25) is 4.79 Å². The van der Waals surface area contributed by atoms with E-state index in [0.717, 1.165) is 11.1 Å². The monoisotopic (exact) mass is 385 g/mol. The van der Waals surface area contributed by atoms with Gasteiger partial charge in [0.1, 0.15) is 0 Å². The highest BCUT2D eigenvalue weighted by Crippen LogP contribution is 2.53. The summed E-state index contributed by atoms with van der Waals surface area (Å²) in [6.45, 7) is 6.71. The van der Waals surface area contributed by atoms with Crippen molar-refractivity contribution in [2.75, 3.05) is 6.54 Å². The molecular weight excluding hydrogens is 365 g/mol. The van der Waals surface area contributed by atoms with E-state index in [1.165, 1.54) is 0 Å². The van der Waals surface area contributed by atoms with Crippen molar-refractivity contribution in [2.45, 2.75) is 32.1 Å². The van der Waals surface area contributed by atoms with Crippen molar-refractivity contribution in [3.63, 3.8) is 0 Å². The van der Waals surface area contributed by atoms with Crippen LogP contribution in [0, 0.1) is 11.8 Å². The van der Waals surface area contributed by atoms with Crippen molar-refractivity contribution < 1.29 is 4.79 Å². The summed E-state index contributed by atoms with van der Waals surface area (Å²) < 4.78 is 0. The Hall–Kier alpha value is -0.960. The van der Waals surface area contributed by atoms with Crippen LogP contribution in [0.4, 0.5) is 0 Å². The Balaban J connectivity index is 1.94. The molecule has 1 amide bonds. The fourth-order valence-corrected chi connectivity index (χ4v) is 3.30. The SMILES string of the molecule is CC(=C/C(=O)NCC(C)C)/C=C/C1C(Cl)C1c1ccc(Cl)c(Cl)c1. The zero-order chi connectivity index (χ0) is 17.9. The first-order valence-electron chi connectivity index (χ1n) is 8.03. The second-order valence-corrected chi connectivity index (χ2v) is 7.93. The third-order valence-corrected chi connectivity index (χ3v) is 5.24. The lowest BCUT2D eigenvalue weighted by molar-refractivity contribution is -0.116. The van der Waals surface area contributed by atoms with E-state index < -0.39 is 0 Å². The quantitative estimate of drug-likeness (QED) is 0.385. The van der Waals surface area contributed by atoms with Crippen LogP contribution in [0.15, 0.2) is 42.0 Å². The molecule has 0 radical (unpaired) electrons. The topological polar surface area (TPSA) is 29.1 Å². The number of carbonyl (C=O) groups excluding carboxylic acids is 1. The molecule has 1 aliphatic carbocycles. The molecule has 3 atom stereocenters. The second kappa shape index (κ2) is 8.42. The van der Waals surface area contributed by atoms with E-state index in [4.69, 9.17) is 34.8 Å². The largest absolute Gasteiger partial charge is 0.352 e. The highest BCUT2D eigenvalue weighted by molar-refractivity contribution is 6.42. The number of alkyl halides is 1. The molecule has 0 heterocycles. The molecule has 0 saturated heterocycles. The highest BCUT2D eigenvalue weighted by atomic mass is 35.5. The van der Waals surface area contributed by atoms with Crippen molar-refractivity contribution in [3.05, 3.63) is 57.6 Å². The Bertz CT molecular complexity index is 667. The molecule has 130 valence electrons. The van der Waals surface area contributed by atoms with Crippen LogP contribution in [-0.4, -0.2) is 17.8 Å². The molecule has 3 unspecified atom stereocenters. The maximum absolute atomic E-state index is 11.8. The van der Waals surface area contributed by atoms with Crippen molar-refractivity contribution in [1.82, 2.24) is 5.32 Å². The molecule has 0 aromatic heterocycles. The summed E-state index contributed by atoms with van der Waals surface area (Å²) in [6.07, 6.45) is 5.62. The summed E-state index contributed by atoms with van der Waals surface area (Å²) in [5.41, 5.74) is 2.00. The molecule has 0 spiro atoms. The van der Waals surface area contributed by atoms with Crippen molar-refractivity contribution in [3.8, 4) is 0 Å². The third-order valence-electron chi connectivity index (χ3n) is 3.94. The van der Waals surface area contributed by atoms with E-state index in [1.807, 2.05) is 25.1 Å². The lowest BCUT2D eigenvalue weighted by Crippen LogP contribution is -2.25. The Kier molecular flexibility index (Phi) is 6.79. The van der Waals surface area contributed by atoms with Gasteiger partial charge in [-0.15, -0.1) is 11.6 Å². The van der Waals surface area contributed by atoms with Crippen LogP contribution in [0.1, 0.15) is 32.3 Å². The van der Waals surface area contributed by atoms with Crippen LogP contribution in [0.2, 0.25) is 10.0 Å². The molecule has 1 fully saturated rings. The Morgan fingerprint density at radius 1 is 1.29 bits per heavy atom. The van der Waals surface area contributed by atoms with Crippen LogP contribution in [-0.2, 0) is 4.79 Å². The first-order chi connectivity index (χ1) is 11.3. The van der Waals surface area contributed by atoms with E-state index in [1.54, 1.807) is 12.1 Å². The van der Waals surface area contributed by atoms with E-state index in [0.29, 0.717) is 22.5 Å². The molecule has 24 heavy (non-hydrogen) atoms. The number of amides is 1. The van der Waals surface area contributed by atoms with Crippen LogP contribution in [0.5, 0.6) is 0 Å². The lowest BCUT2D eigenvalue weighted by Gasteiger charge is -2.04. The van der Waals surface area contributed by atoms with Gasteiger partial charge in [-0.1, -0.05) is 55.3 Å². The van der Waals surface area contributed by atoms with Gasteiger partial charge in [-0.05, 0) is 36.1 Å². The fraction of sp³-hybridized carbons (Fsp3) is 0.421. The minimum Gasteiger partial charge on any atom is -0.352 e. The van der Waals surface area contributed by atoms with Crippen LogP contribution in [0.3, 0.4) is 0 Å². The van der Waals surface area contributed by atoms with Crippen molar-refractivity contribution >= 4 is 40.7 Å². The van der Waals surface area contributed by atoms with Gasteiger partial charge in [0, 0.05) is 29.8 Å². The molecule has 2 rings (SSSR count). The number of carbonyl (C=O) groups is 1. The van der Waals surface area contributed by atoms with Crippen LogP contribution >= 0.6 is 34.8 Å². The number of rotatable bonds is 6. The molecule has 0 bridgehead atoms. The summed E-state index contributed by atoms with van der Waals surface area (Å²) in [5.74, 6) is 0.852. The van der Waals surface area contributed by atoms with Gasteiger partial charge >= 0.3 is 0 Å². The van der Waals surface area contributed by atoms with Gasteiger partial charge in [0.15, 0.2) is 0 Å². The molecule has 1 aromatic rings. The van der Waals surface area contributed by atoms with Gasteiger partial charge in [0.2, 0.25) is 5.91 Å². The predicted molar refractivity (Wildman–Crippen MR) is 103 cm³/mol. The maximum Gasteiger partial charge on any atom is 0.244 e. The standard InChI is InChI=1S/C19H22Cl3NO/c1-11(2)10-23-17(24)8-12(3)4-6-14-18(19(14)22)13-5-7-15(20)16(21)9-13/h4-9,11,14,18-19H,10H2,1-3H3,(H,23,24)/b6-4+,12-8-. The molecule has 2 nitrogen and oxygen atoms in total. The molecule has 1 aliphatic rings. The van der Waals surface area contributed by atoms with Gasteiger partial charge in [-0.2, -0.15) is 0 Å². The smallest absolute Gasteiger partial charge is 0.244 e. The van der Waals surface area contributed by atoms with E-state index in [9.17, 15) is 4.79 Å². The summed E-state index contributed by atoms with van der Waals surface area (Å²) in [5, 5.41) is 4.00. The van der Waals surface area contributed by atoms with Gasteiger partial charge < -0.3 is 5.32 Å². The number of halogens is 3. The van der Waals surface area contributed by atoms with Gasteiger partial charge in [-0.25, -0.2) is 0 Å². The first-order valence-corrected chi connectivity index (χ1v) is 9.22. The van der Waals surface area contributed by atoms with Crippen LogP contribution < -0.4 is 5.32 Å². The molecule has 1 aromatic carbocycles. The number of hydrogen-bond donors (Lipinski definition) is 1. The molecule has 0 aliphatic heterocycles. The van der Waals surface area contributed by atoms with E-state index in [-0.39, 0.29) is 23.1 Å². The third kappa shape index (κ3) is 5.27. The van der Waals surface area contributed by atoms with Gasteiger partial charge in [0.25, 0.3) is 0 Å². The predicted octanol–water partition coefficient (Wildman–Crippen LogP) is 5.59. The molecule has 5 heteroatoms. The summed E-state index contributed by atoms with van der Waals surface area (Å²) in [4.78, 5) is 11.8. The summed E-state index contributed by atoms with van der Waals surface area (Å²) >= 11 is 18.4. The number of benzene rings is 1. The minimum atomic E-state index is -0.0647. The average molecular weight is 387 g/mol. The first kappa shape index (κ1) is 19.4. The van der Waals surface area contributed by atoms with Crippen molar-refractivity contribution in [1.29, 1.82) is 0 Å². The Labute approximate surface area is 158 Å². The summed E-state index contributed by atoms with van der Waals surface area (Å²) in [7, 11) is 0. The van der Waals surface area contributed by atoms with Gasteiger partial charge in [0.05, 0.1) is 10.0 Å². The zero-order valence-corrected chi connectivity index (χ0v) is 16.3. The number of nitrogens with one attached hydrogen (secondary N) is 1. The molecule has 1 saturated carbocycles. The van der Waals surface area contributed by atoms with E-state index >= 15 is 0 Å². The fourth-order valence-electron chi connectivity index (χ4n) is 2.52. The normalized spacial score (nSPS) is 23.8. The number of hydrogen-bond acceptors (Lipinski definition) is 1.